The van der Waals surface area contributed by atoms with Crippen molar-refractivity contribution in [2.45, 2.75) is 37.5 Å². The maximum Gasteiger partial charge on any atom is 0.172 e. The summed E-state index contributed by atoms with van der Waals surface area (Å²) >= 11 is 12.2. The van der Waals surface area contributed by atoms with Gasteiger partial charge in [-0.2, -0.15) is 0 Å². The number of halogens is 2. The lowest BCUT2D eigenvalue weighted by atomic mass is 9.69. The number of anilines is 1. The van der Waals surface area contributed by atoms with Crippen LogP contribution in [0, 0.1) is 0 Å². The van der Waals surface area contributed by atoms with Gasteiger partial charge in [0.2, 0.25) is 0 Å². The Morgan fingerprint density at radius 2 is 1.84 bits per heavy atom. The standard InChI is InChI=1S/C18H20Br2N4S/c19-14-11-21-16(15(20)23-14)24-17(25)22-12-18(9-5-2-6-10-18)13-7-3-1-4-8-13/h1,3-4,7-8,11H,2,5-6,9-10,12H2,(H2,21,22,24,25). The lowest BCUT2D eigenvalue weighted by Gasteiger charge is -2.38. The number of hydrogen-bond acceptors (Lipinski definition) is 3. The van der Waals surface area contributed by atoms with E-state index in [4.69, 9.17) is 12.2 Å². The number of aromatic nitrogens is 2. The van der Waals surface area contributed by atoms with Crippen LogP contribution >= 0.6 is 44.1 Å². The maximum absolute atomic E-state index is 5.47. The highest BCUT2D eigenvalue weighted by molar-refractivity contribution is 9.11. The van der Waals surface area contributed by atoms with Crippen LogP contribution in [0.25, 0.3) is 0 Å². The average Bonchev–Trinajstić information content (AvgIpc) is 2.64. The number of nitrogens with zero attached hydrogens (tertiary/aromatic N) is 2. The fourth-order valence-corrected chi connectivity index (χ4v) is 4.50. The van der Waals surface area contributed by atoms with Crippen LogP contribution in [0.5, 0.6) is 0 Å². The van der Waals surface area contributed by atoms with Gasteiger partial charge < -0.3 is 10.6 Å². The SMILES string of the molecule is S=C(NCC1(c2ccccc2)CCCCC1)Nc1ncc(Br)nc1Br. The lowest BCUT2D eigenvalue weighted by molar-refractivity contribution is 0.292. The zero-order valence-corrected chi connectivity index (χ0v) is 17.8. The Labute approximate surface area is 170 Å². The van der Waals surface area contributed by atoms with Gasteiger partial charge in [-0.15, -0.1) is 0 Å². The van der Waals surface area contributed by atoms with Crippen molar-refractivity contribution >= 4 is 55.0 Å². The molecule has 1 aromatic carbocycles. The topological polar surface area (TPSA) is 49.8 Å². The van der Waals surface area contributed by atoms with Crippen molar-refractivity contribution in [3.8, 4) is 0 Å². The number of rotatable bonds is 4. The van der Waals surface area contributed by atoms with E-state index in [1.807, 2.05) is 0 Å². The van der Waals surface area contributed by atoms with Gasteiger partial charge in [-0.3, -0.25) is 0 Å². The zero-order chi connectivity index (χ0) is 17.7. The summed E-state index contributed by atoms with van der Waals surface area (Å²) in [4.78, 5) is 8.55. The first-order valence-corrected chi connectivity index (χ1v) is 10.4. The second-order valence-corrected chi connectivity index (χ2v) is 8.32. The molecule has 0 atom stereocenters. The van der Waals surface area contributed by atoms with Gasteiger partial charge in [0.05, 0.1) is 6.20 Å². The summed E-state index contributed by atoms with van der Waals surface area (Å²) in [5, 5.41) is 7.09. The van der Waals surface area contributed by atoms with Gasteiger partial charge in [-0.1, -0.05) is 49.6 Å². The van der Waals surface area contributed by atoms with Gasteiger partial charge in [0.15, 0.2) is 10.9 Å². The minimum Gasteiger partial charge on any atom is -0.362 e. The van der Waals surface area contributed by atoms with Crippen LogP contribution in [-0.2, 0) is 5.41 Å². The monoisotopic (exact) mass is 482 g/mol. The Bertz CT molecular complexity index is 733. The third-order valence-corrected chi connectivity index (χ3v) is 5.90. The first-order valence-electron chi connectivity index (χ1n) is 8.37. The van der Waals surface area contributed by atoms with Gasteiger partial charge >= 0.3 is 0 Å². The van der Waals surface area contributed by atoms with Crippen molar-refractivity contribution in [2.75, 3.05) is 11.9 Å². The average molecular weight is 484 g/mol. The van der Waals surface area contributed by atoms with Gasteiger partial charge in [-0.25, -0.2) is 9.97 Å². The number of hydrogen-bond donors (Lipinski definition) is 2. The molecular formula is C18H20Br2N4S. The van der Waals surface area contributed by atoms with E-state index < -0.39 is 0 Å². The van der Waals surface area contributed by atoms with E-state index in [2.05, 4.69) is 82.8 Å². The molecule has 132 valence electrons. The second-order valence-electron chi connectivity index (χ2n) is 6.35. The number of benzene rings is 1. The fourth-order valence-electron chi connectivity index (χ4n) is 3.42. The van der Waals surface area contributed by atoms with E-state index in [1.54, 1.807) is 6.20 Å². The molecule has 2 aromatic rings. The normalized spacial score (nSPS) is 16.2. The summed E-state index contributed by atoms with van der Waals surface area (Å²) in [6.07, 6.45) is 7.87. The van der Waals surface area contributed by atoms with Gasteiger partial charge in [0.1, 0.15) is 9.21 Å². The Balaban J connectivity index is 1.68. The molecule has 0 bridgehead atoms. The van der Waals surface area contributed by atoms with Crippen LogP contribution in [0.1, 0.15) is 37.7 Å². The Kier molecular flexibility index (Phi) is 6.41. The predicted octanol–water partition coefficient (Wildman–Crippen LogP) is 5.19. The van der Waals surface area contributed by atoms with E-state index in [9.17, 15) is 0 Å². The molecule has 4 nitrogen and oxygen atoms in total. The highest BCUT2D eigenvalue weighted by atomic mass is 79.9. The molecule has 0 spiro atoms. The molecule has 1 aliphatic rings. The molecule has 1 aliphatic carbocycles. The molecule has 1 fully saturated rings. The minimum absolute atomic E-state index is 0.147. The highest BCUT2D eigenvalue weighted by Crippen LogP contribution is 2.38. The number of nitrogens with one attached hydrogen (secondary N) is 2. The molecule has 0 radical (unpaired) electrons. The summed E-state index contributed by atoms with van der Waals surface area (Å²) in [6, 6.07) is 10.8. The van der Waals surface area contributed by atoms with Crippen molar-refractivity contribution in [3.05, 3.63) is 51.3 Å². The molecule has 7 heteroatoms. The van der Waals surface area contributed by atoms with Crippen molar-refractivity contribution in [2.24, 2.45) is 0 Å². The largest absolute Gasteiger partial charge is 0.362 e. The smallest absolute Gasteiger partial charge is 0.172 e. The lowest BCUT2D eigenvalue weighted by Crippen LogP contribution is -2.43. The van der Waals surface area contributed by atoms with Crippen molar-refractivity contribution in [3.63, 3.8) is 0 Å². The molecule has 1 saturated carbocycles. The molecule has 3 rings (SSSR count). The van der Waals surface area contributed by atoms with Crippen LogP contribution in [0.2, 0.25) is 0 Å². The van der Waals surface area contributed by atoms with Crippen LogP contribution in [0.4, 0.5) is 5.82 Å². The third kappa shape index (κ3) is 4.77. The van der Waals surface area contributed by atoms with Crippen LogP contribution in [0.15, 0.2) is 45.7 Å². The van der Waals surface area contributed by atoms with Crippen molar-refractivity contribution < 1.29 is 0 Å². The van der Waals surface area contributed by atoms with Gasteiger partial charge in [0, 0.05) is 12.0 Å². The van der Waals surface area contributed by atoms with Crippen LogP contribution in [-0.4, -0.2) is 21.6 Å². The highest BCUT2D eigenvalue weighted by Gasteiger charge is 2.33. The van der Waals surface area contributed by atoms with E-state index in [1.165, 1.54) is 37.7 Å². The van der Waals surface area contributed by atoms with Gasteiger partial charge in [-0.05, 0) is 62.5 Å². The second kappa shape index (κ2) is 8.56. The summed E-state index contributed by atoms with van der Waals surface area (Å²) in [7, 11) is 0. The third-order valence-electron chi connectivity index (χ3n) is 4.72. The Morgan fingerprint density at radius 1 is 1.12 bits per heavy atom. The Hall–Kier alpha value is -1.05. The molecule has 0 saturated heterocycles. The van der Waals surface area contributed by atoms with E-state index in [-0.39, 0.29) is 5.41 Å². The molecule has 1 heterocycles. The molecule has 1 aromatic heterocycles. The van der Waals surface area contributed by atoms with Crippen LogP contribution < -0.4 is 10.6 Å². The predicted molar refractivity (Wildman–Crippen MR) is 113 cm³/mol. The summed E-state index contributed by atoms with van der Waals surface area (Å²) in [5.41, 5.74) is 1.54. The van der Waals surface area contributed by atoms with Gasteiger partial charge in [0.25, 0.3) is 0 Å². The van der Waals surface area contributed by atoms with E-state index >= 15 is 0 Å². The maximum atomic E-state index is 5.47. The molecule has 25 heavy (non-hydrogen) atoms. The molecule has 0 amide bonds. The summed E-state index contributed by atoms with van der Waals surface area (Å²) in [5.74, 6) is 0.609. The van der Waals surface area contributed by atoms with E-state index in [0.29, 0.717) is 20.1 Å². The fraction of sp³-hybridized carbons (Fsp3) is 0.389. The zero-order valence-electron chi connectivity index (χ0n) is 13.8. The molecular weight excluding hydrogens is 464 g/mol. The summed E-state index contributed by atoms with van der Waals surface area (Å²) < 4.78 is 1.30. The van der Waals surface area contributed by atoms with Crippen molar-refractivity contribution in [1.82, 2.24) is 15.3 Å². The summed E-state index contributed by atoms with van der Waals surface area (Å²) in [6.45, 7) is 0.824. The Morgan fingerprint density at radius 3 is 2.52 bits per heavy atom. The first-order chi connectivity index (χ1) is 12.1. The molecule has 0 aliphatic heterocycles. The first kappa shape index (κ1) is 18.7. The molecule has 2 N–H and O–H groups in total. The minimum atomic E-state index is 0.147. The number of thiocarbonyl (C=S) groups is 1. The molecule has 0 unspecified atom stereocenters. The van der Waals surface area contributed by atoms with E-state index in [0.717, 1.165) is 6.54 Å². The van der Waals surface area contributed by atoms with Crippen LogP contribution in [0.3, 0.4) is 0 Å². The quantitative estimate of drug-likeness (QED) is 0.586. The van der Waals surface area contributed by atoms with Crippen molar-refractivity contribution in [1.29, 1.82) is 0 Å².